The molecule has 0 aliphatic carbocycles. The van der Waals surface area contributed by atoms with Gasteiger partial charge < -0.3 is 10.1 Å². The predicted molar refractivity (Wildman–Crippen MR) is 104 cm³/mol. The Bertz CT molecular complexity index is 807. The van der Waals surface area contributed by atoms with Crippen molar-refractivity contribution in [3.05, 3.63) is 102 Å². The van der Waals surface area contributed by atoms with E-state index in [1.807, 2.05) is 91.9 Å². The molecule has 3 rings (SSSR count). The molecular weight excluding hydrogens is 322 g/mol. The summed E-state index contributed by atoms with van der Waals surface area (Å²) in [4.78, 5) is 12.8. The molecule has 3 aromatic rings. The van der Waals surface area contributed by atoms with Gasteiger partial charge >= 0.3 is 0 Å². The van der Waals surface area contributed by atoms with Crippen LogP contribution in [0.15, 0.2) is 84.9 Å². The van der Waals surface area contributed by atoms with Crippen LogP contribution in [0.1, 0.15) is 29.7 Å². The smallest absolute Gasteiger partial charge is 0.261 e. The second-order valence-corrected chi connectivity index (χ2v) is 6.29. The van der Waals surface area contributed by atoms with Gasteiger partial charge in [-0.2, -0.15) is 0 Å². The van der Waals surface area contributed by atoms with Crippen LogP contribution in [-0.4, -0.2) is 12.0 Å². The van der Waals surface area contributed by atoms with Crippen LogP contribution >= 0.6 is 0 Å². The third-order valence-electron chi connectivity index (χ3n) is 4.32. The number of amides is 1. The molecule has 0 fully saturated rings. The van der Waals surface area contributed by atoms with Crippen molar-refractivity contribution in [1.82, 2.24) is 5.32 Å². The van der Waals surface area contributed by atoms with E-state index in [9.17, 15) is 4.79 Å². The molecule has 132 valence electrons. The van der Waals surface area contributed by atoms with Gasteiger partial charge in [-0.3, -0.25) is 4.79 Å². The summed E-state index contributed by atoms with van der Waals surface area (Å²) in [6, 6.07) is 27.4. The fraction of sp³-hybridized carbons (Fsp3) is 0.174. The summed E-state index contributed by atoms with van der Waals surface area (Å²) < 4.78 is 5.87. The van der Waals surface area contributed by atoms with E-state index in [-0.39, 0.29) is 11.9 Å². The van der Waals surface area contributed by atoms with Crippen LogP contribution in [0.5, 0.6) is 5.75 Å². The molecule has 3 aromatic carbocycles. The Labute approximate surface area is 154 Å². The molecule has 0 radical (unpaired) electrons. The Morgan fingerprint density at radius 2 is 1.31 bits per heavy atom. The lowest BCUT2D eigenvalue weighted by Crippen LogP contribution is -2.39. The lowest BCUT2D eigenvalue weighted by molar-refractivity contribution is -0.127. The van der Waals surface area contributed by atoms with Gasteiger partial charge in [0.15, 0.2) is 6.10 Å². The lowest BCUT2D eigenvalue weighted by Gasteiger charge is -2.23. The second-order valence-electron chi connectivity index (χ2n) is 6.29. The van der Waals surface area contributed by atoms with Crippen LogP contribution in [0.2, 0.25) is 0 Å². The fourth-order valence-corrected chi connectivity index (χ4v) is 2.84. The minimum Gasteiger partial charge on any atom is -0.481 e. The number of aryl methyl sites for hydroxylation is 1. The van der Waals surface area contributed by atoms with E-state index in [4.69, 9.17) is 4.74 Å². The average molecular weight is 345 g/mol. The van der Waals surface area contributed by atoms with E-state index >= 15 is 0 Å². The van der Waals surface area contributed by atoms with Crippen LogP contribution < -0.4 is 10.1 Å². The monoisotopic (exact) mass is 345 g/mol. The van der Waals surface area contributed by atoms with Gasteiger partial charge in [-0.05, 0) is 36.6 Å². The zero-order chi connectivity index (χ0) is 18.4. The van der Waals surface area contributed by atoms with Crippen molar-refractivity contribution in [3.63, 3.8) is 0 Å². The SMILES string of the molecule is Cc1ccccc1O[C@@H](C)C(=O)NC(c1ccccc1)c1ccccc1. The number of nitrogens with one attached hydrogen (secondary N) is 1. The summed E-state index contributed by atoms with van der Waals surface area (Å²) in [5, 5.41) is 3.13. The number of hydrogen-bond acceptors (Lipinski definition) is 2. The summed E-state index contributed by atoms with van der Waals surface area (Å²) >= 11 is 0. The van der Waals surface area contributed by atoms with Crippen molar-refractivity contribution in [2.75, 3.05) is 0 Å². The molecule has 3 nitrogen and oxygen atoms in total. The molecule has 0 bridgehead atoms. The lowest BCUT2D eigenvalue weighted by atomic mass is 9.98. The normalized spacial score (nSPS) is 11.8. The first kappa shape index (κ1) is 17.7. The molecule has 0 aromatic heterocycles. The van der Waals surface area contributed by atoms with Gasteiger partial charge in [0.2, 0.25) is 0 Å². The van der Waals surface area contributed by atoms with Crippen LogP contribution in [0.4, 0.5) is 0 Å². The minimum atomic E-state index is -0.592. The largest absolute Gasteiger partial charge is 0.481 e. The number of hydrogen-bond donors (Lipinski definition) is 1. The minimum absolute atomic E-state index is 0.147. The molecule has 1 amide bonds. The number of carbonyl (C=O) groups is 1. The maximum Gasteiger partial charge on any atom is 0.261 e. The average Bonchev–Trinajstić information content (AvgIpc) is 2.69. The maximum atomic E-state index is 12.8. The van der Waals surface area contributed by atoms with E-state index in [2.05, 4.69) is 5.32 Å². The summed E-state index contributed by atoms with van der Waals surface area (Å²) in [7, 11) is 0. The zero-order valence-corrected chi connectivity index (χ0v) is 15.1. The zero-order valence-electron chi connectivity index (χ0n) is 15.1. The Hall–Kier alpha value is -3.07. The van der Waals surface area contributed by atoms with Crippen molar-refractivity contribution in [3.8, 4) is 5.75 Å². The van der Waals surface area contributed by atoms with E-state index in [1.165, 1.54) is 0 Å². The van der Waals surface area contributed by atoms with E-state index in [0.29, 0.717) is 0 Å². The highest BCUT2D eigenvalue weighted by Gasteiger charge is 2.21. The highest BCUT2D eigenvalue weighted by molar-refractivity contribution is 5.81. The van der Waals surface area contributed by atoms with Crippen molar-refractivity contribution in [2.24, 2.45) is 0 Å². The molecule has 0 saturated carbocycles. The molecule has 0 spiro atoms. The second kappa shape index (κ2) is 8.34. The number of benzene rings is 3. The molecule has 0 aliphatic heterocycles. The highest BCUT2D eigenvalue weighted by atomic mass is 16.5. The van der Waals surface area contributed by atoms with Crippen LogP contribution in [0.3, 0.4) is 0 Å². The quantitative estimate of drug-likeness (QED) is 0.705. The van der Waals surface area contributed by atoms with Crippen molar-refractivity contribution in [1.29, 1.82) is 0 Å². The first-order valence-electron chi connectivity index (χ1n) is 8.77. The van der Waals surface area contributed by atoms with E-state index < -0.39 is 6.10 Å². The van der Waals surface area contributed by atoms with Crippen molar-refractivity contribution in [2.45, 2.75) is 26.0 Å². The molecule has 26 heavy (non-hydrogen) atoms. The molecule has 0 saturated heterocycles. The fourth-order valence-electron chi connectivity index (χ4n) is 2.84. The molecule has 0 heterocycles. The first-order chi connectivity index (χ1) is 12.6. The Morgan fingerprint density at radius 1 is 0.808 bits per heavy atom. The van der Waals surface area contributed by atoms with Crippen LogP contribution in [0.25, 0.3) is 0 Å². The molecule has 0 aliphatic rings. The Morgan fingerprint density at radius 3 is 1.85 bits per heavy atom. The van der Waals surface area contributed by atoms with Gasteiger partial charge in [0.05, 0.1) is 6.04 Å². The number of rotatable bonds is 6. The third kappa shape index (κ3) is 4.31. The Balaban J connectivity index is 1.78. The van der Waals surface area contributed by atoms with Crippen LogP contribution in [-0.2, 0) is 4.79 Å². The molecule has 0 unspecified atom stereocenters. The summed E-state index contributed by atoms with van der Waals surface area (Å²) in [6.07, 6.45) is -0.592. The van der Waals surface area contributed by atoms with Gasteiger partial charge in [-0.25, -0.2) is 0 Å². The summed E-state index contributed by atoms with van der Waals surface area (Å²) in [6.45, 7) is 3.74. The van der Waals surface area contributed by atoms with Gasteiger partial charge in [0.1, 0.15) is 5.75 Å². The maximum absolute atomic E-state index is 12.8. The topological polar surface area (TPSA) is 38.3 Å². The molecule has 1 N–H and O–H groups in total. The van der Waals surface area contributed by atoms with Crippen molar-refractivity contribution < 1.29 is 9.53 Å². The standard InChI is InChI=1S/C23H23NO2/c1-17-11-9-10-16-21(17)26-18(2)23(25)24-22(19-12-5-3-6-13-19)20-14-7-4-8-15-20/h3-16,18,22H,1-2H3,(H,24,25)/t18-/m0/s1. The van der Waals surface area contributed by atoms with Gasteiger partial charge in [0.25, 0.3) is 5.91 Å². The van der Waals surface area contributed by atoms with E-state index in [1.54, 1.807) is 6.92 Å². The first-order valence-corrected chi connectivity index (χ1v) is 8.77. The third-order valence-corrected chi connectivity index (χ3v) is 4.32. The highest BCUT2D eigenvalue weighted by Crippen LogP contribution is 2.23. The number of para-hydroxylation sites is 1. The van der Waals surface area contributed by atoms with Crippen molar-refractivity contribution >= 4 is 5.91 Å². The van der Waals surface area contributed by atoms with Gasteiger partial charge in [-0.15, -0.1) is 0 Å². The molecule has 3 heteroatoms. The van der Waals surface area contributed by atoms with E-state index in [0.717, 1.165) is 22.4 Å². The van der Waals surface area contributed by atoms with Gasteiger partial charge in [0, 0.05) is 0 Å². The van der Waals surface area contributed by atoms with Crippen LogP contribution in [0, 0.1) is 6.92 Å². The summed E-state index contributed by atoms with van der Waals surface area (Å²) in [5.41, 5.74) is 3.08. The number of ether oxygens (including phenoxy) is 1. The predicted octanol–water partition coefficient (Wildman–Crippen LogP) is 4.67. The summed E-state index contributed by atoms with van der Waals surface area (Å²) in [5.74, 6) is 0.581. The molecule has 1 atom stereocenters. The Kier molecular flexibility index (Phi) is 5.69. The van der Waals surface area contributed by atoms with Gasteiger partial charge in [-0.1, -0.05) is 78.9 Å². The number of carbonyl (C=O) groups excluding carboxylic acids is 1. The molecular formula is C23H23NO2.